The highest BCUT2D eigenvalue weighted by molar-refractivity contribution is 7.91. The number of rotatable bonds is 6. The fourth-order valence-corrected chi connectivity index (χ4v) is 4.54. The van der Waals surface area contributed by atoms with Crippen molar-refractivity contribution in [2.24, 2.45) is 16.0 Å². The maximum Gasteiger partial charge on any atom is 0.344 e. The smallest absolute Gasteiger partial charge is 0.344 e. The summed E-state index contributed by atoms with van der Waals surface area (Å²) in [5.74, 6) is 0.521. The first-order chi connectivity index (χ1) is 14.8. The Bertz CT molecular complexity index is 1020. The summed E-state index contributed by atoms with van der Waals surface area (Å²) in [7, 11) is -3.83. The molecule has 31 heavy (non-hydrogen) atoms. The number of hydrogen-bond donors (Lipinski definition) is 3. The average molecular weight is 448 g/mol. The maximum atomic E-state index is 12.6. The lowest BCUT2D eigenvalue weighted by atomic mass is 9.99. The van der Waals surface area contributed by atoms with Crippen LogP contribution in [0.25, 0.3) is 0 Å². The SMILES string of the molecule is C/C=C\C(=C/C)CNC(=O)N1CCC[C@H](COc2cccc3c2C(N)=NS(=O)(=O)N3)C1. The Balaban J connectivity index is 1.59. The molecule has 0 unspecified atom stereocenters. The van der Waals surface area contributed by atoms with Crippen LogP contribution in [-0.4, -0.2) is 51.4 Å². The lowest BCUT2D eigenvalue weighted by molar-refractivity contribution is 0.138. The standard InChI is InChI=1S/C21H29N5O4S/c1-3-7-15(4-2)12-23-21(27)26-11-6-8-16(13-26)14-30-18-10-5-9-17-19(18)20(22)25-31(28,29)24-17/h3-5,7,9-10,16,24H,6,8,11-14H2,1-2H3,(H2,22,25)(H,23,27)/b7-3-,15-4+/t16-/m0/s1. The highest BCUT2D eigenvalue weighted by Gasteiger charge is 2.27. The van der Waals surface area contributed by atoms with Crippen LogP contribution in [0.15, 0.2) is 46.4 Å². The molecular formula is C21H29N5O4S. The third-order valence-corrected chi connectivity index (χ3v) is 6.13. The van der Waals surface area contributed by atoms with Crippen molar-refractivity contribution >= 4 is 27.8 Å². The van der Waals surface area contributed by atoms with Crippen LogP contribution in [0.4, 0.5) is 10.5 Å². The maximum absolute atomic E-state index is 12.6. The van der Waals surface area contributed by atoms with Gasteiger partial charge in [0, 0.05) is 25.6 Å². The van der Waals surface area contributed by atoms with Gasteiger partial charge in [-0.1, -0.05) is 24.3 Å². The van der Waals surface area contributed by atoms with E-state index >= 15 is 0 Å². The van der Waals surface area contributed by atoms with E-state index in [1.54, 1.807) is 18.2 Å². The molecule has 2 aliphatic heterocycles. The van der Waals surface area contributed by atoms with Gasteiger partial charge in [-0.15, -0.1) is 4.40 Å². The summed E-state index contributed by atoms with van der Waals surface area (Å²) in [5.41, 5.74) is 7.70. The zero-order valence-electron chi connectivity index (χ0n) is 17.8. The highest BCUT2D eigenvalue weighted by Crippen LogP contribution is 2.31. The monoisotopic (exact) mass is 447 g/mol. The predicted octanol–water partition coefficient (Wildman–Crippen LogP) is 2.39. The molecule has 2 aliphatic rings. The second-order valence-corrected chi connectivity index (χ2v) is 8.86. The van der Waals surface area contributed by atoms with Gasteiger partial charge in [0.25, 0.3) is 0 Å². The van der Waals surface area contributed by atoms with Gasteiger partial charge in [0.2, 0.25) is 0 Å². The number of fused-ring (bicyclic) bond motifs is 1. The number of allylic oxidation sites excluding steroid dienone is 2. The number of nitrogens with zero attached hydrogens (tertiary/aromatic N) is 2. The summed E-state index contributed by atoms with van der Waals surface area (Å²) in [6, 6.07) is 4.95. The molecule has 0 bridgehead atoms. The fraction of sp³-hybridized carbons (Fsp3) is 0.429. The van der Waals surface area contributed by atoms with Gasteiger partial charge in [0.1, 0.15) is 5.75 Å². The van der Waals surface area contributed by atoms with Crippen molar-refractivity contribution in [2.75, 3.05) is 31.0 Å². The van der Waals surface area contributed by atoms with E-state index in [2.05, 4.69) is 14.4 Å². The number of carbonyl (C=O) groups is 1. The first-order valence-corrected chi connectivity index (χ1v) is 11.7. The fourth-order valence-electron chi connectivity index (χ4n) is 3.69. The first kappa shape index (κ1) is 22.7. The molecule has 9 nitrogen and oxygen atoms in total. The van der Waals surface area contributed by atoms with Crippen LogP contribution in [-0.2, 0) is 10.2 Å². The molecule has 1 aromatic carbocycles. The number of piperidine rings is 1. The number of amidine groups is 1. The number of likely N-dealkylation sites (tertiary alicyclic amines) is 1. The van der Waals surface area contributed by atoms with E-state index in [0.29, 0.717) is 43.2 Å². The topological polar surface area (TPSA) is 126 Å². The van der Waals surface area contributed by atoms with E-state index in [0.717, 1.165) is 18.4 Å². The number of anilines is 1. The summed E-state index contributed by atoms with van der Waals surface area (Å²) in [6.45, 7) is 6.06. The van der Waals surface area contributed by atoms with Crippen molar-refractivity contribution < 1.29 is 17.9 Å². The lowest BCUT2D eigenvalue weighted by Gasteiger charge is -2.33. The molecule has 1 fully saturated rings. The predicted molar refractivity (Wildman–Crippen MR) is 121 cm³/mol. The molecule has 3 rings (SSSR count). The molecule has 0 aliphatic carbocycles. The van der Waals surface area contributed by atoms with Crippen molar-refractivity contribution in [2.45, 2.75) is 26.7 Å². The van der Waals surface area contributed by atoms with Crippen LogP contribution in [0, 0.1) is 5.92 Å². The molecule has 1 atom stereocenters. The van der Waals surface area contributed by atoms with E-state index in [1.165, 1.54) is 0 Å². The molecular weight excluding hydrogens is 418 g/mol. The number of ether oxygens (including phenoxy) is 1. The van der Waals surface area contributed by atoms with Crippen LogP contribution in [0.2, 0.25) is 0 Å². The van der Waals surface area contributed by atoms with Crippen molar-refractivity contribution in [3.63, 3.8) is 0 Å². The third kappa shape index (κ3) is 5.78. The van der Waals surface area contributed by atoms with Gasteiger partial charge in [-0.05, 0) is 44.4 Å². The van der Waals surface area contributed by atoms with Crippen LogP contribution in [0.1, 0.15) is 32.3 Å². The quantitative estimate of drug-likeness (QED) is 0.577. The molecule has 0 radical (unpaired) electrons. The number of carbonyl (C=O) groups excluding carboxylic acids is 1. The number of urea groups is 1. The molecule has 2 heterocycles. The van der Waals surface area contributed by atoms with E-state index < -0.39 is 10.2 Å². The number of hydrogen-bond acceptors (Lipinski definition) is 5. The molecule has 0 saturated carbocycles. The lowest BCUT2D eigenvalue weighted by Crippen LogP contribution is -2.46. The second-order valence-electron chi connectivity index (χ2n) is 7.52. The second kappa shape index (κ2) is 9.86. The van der Waals surface area contributed by atoms with Crippen LogP contribution in [0.5, 0.6) is 5.75 Å². The molecule has 168 valence electrons. The van der Waals surface area contributed by atoms with Crippen molar-refractivity contribution in [1.82, 2.24) is 10.2 Å². The normalized spacial score (nSPS) is 20.6. The van der Waals surface area contributed by atoms with Crippen molar-refractivity contribution in [3.8, 4) is 5.75 Å². The van der Waals surface area contributed by atoms with E-state index in [4.69, 9.17) is 10.5 Å². The summed E-state index contributed by atoms with van der Waals surface area (Å²) < 4.78 is 35.3. The Hall–Kier alpha value is -3.01. The van der Waals surface area contributed by atoms with E-state index in [1.807, 2.05) is 37.0 Å². The van der Waals surface area contributed by atoms with Crippen LogP contribution in [0.3, 0.4) is 0 Å². The molecule has 0 aromatic heterocycles. The van der Waals surface area contributed by atoms with Crippen molar-refractivity contribution in [3.05, 3.63) is 47.6 Å². The number of nitrogens with one attached hydrogen (secondary N) is 2. The minimum absolute atomic E-state index is 0.0866. The third-order valence-electron chi connectivity index (χ3n) is 5.22. The van der Waals surface area contributed by atoms with Gasteiger partial charge in [0.05, 0.1) is 17.9 Å². The summed E-state index contributed by atoms with van der Waals surface area (Å²) >= 11 is 0. The molecule has 4 N–H and O–H groups in total. The van der Waals surface area contributed by atoms with Crippen molar-refractivity contribution in [1.29, 1.82) is 0 Å². The Morgan fingerprint density at radius 3 is 2.97 bits per heavy atom. The number of benzene rings is 1. The summed E-state index contributed by atoms with van der Waals surface area (Å²) in [5, 5.41) is 2.97. The average Bonchev–Trinajstić information content (AvgIpc) is 2.74. The van der Waals surface area contributed by atoms with Crippen LogP contribution >= 0.6 is 0 Å². The van der Waals surface area contributed by atoms with Gasteiger partial charge in [0.15, 0.2) is 5.84 Å². The summed E-state index contributed by atoms with van der Waals surface area (Å²) in [4.78, 5) is 14.4. The Labute approximate surface area is 183 Å². The highest BCUT2D eigenvalue weighted by atomic mass is 32.2. The van der Waals surface area contributed by atoms with Gasteiger partial charge in [-0.3, -0.25) is 4.72 Å². The molecule has 0 spiro atoms. The van der Waals surface area contributed by atoms with E-state index in [-0.39, 0.29) is 17.8 Å². The minimum Gasteiger partial charge on any atom is -0.492 e. The molecule has 1 saturated heterocycles. The largest absolute Gasteiger partial charge is 0.492 e. The minimum atomic E-state index is -3.83. The Kier molecular flexibility index (Phi) is 7.21. The zero-order valence-corrected chi connectivity index (χ0v) is 18.6. The molecule has 10 heteroatoms. The number of amides is 2. The Morgan fingerprint density at radius 2 is 2.23 bits per heavy atom. The van der Waals surface area contributed by atoms with Gasteiger partial charge in [-0.25, -0.2) is 4.79 Å². The Morgan fingerprint density at radius 1 is 1.42 bits per heavy atom. The zero-order chi connectivity index (χ0) is 22.4. The van der Waals surface area contributed by atoms with E-state index in [9.17, 15) is 13.2 Å². The van der Waals surface area contributed by atoms with Gasteiger partial charge < -0.3 is 20.7 Å². The number of nitrogens with two attached hydrogens (primary N) is 1. The first-order valence-electron chi connectivity index (χ1n) is 10.3. The molecule has 2 amide bonds. The van der Waals surface area contributed by atoms with Gasteiger partial charge in [-0.2, -0.15) is 8.42 Å². The van der Waals surface area contributed by atoms with Crippen LogP contribution < -0.4 is 20.5 Å². The molecule has 1 aromatic rings. The summed E-state index contributed by atoms with van der Waals surface area (Å²) in [6.07, 6.45) is 7.72. The van der Waals surface area contributed by atoms with Gasteiger partial charge >= 0.3 is 16.2 Å².